The van der Waals surface area contributed by atoms with E-state index in [1.165, 1.54) is 5.56 Å². The van der Waals surface area contributed by atoms with Crippen LogP contribution in [0.15, 0.2) is 48.8 Å². The van der Waals surface area contributed by atoms with Crippen molar-refractivity contribution in [2.24, 2.45) is 0 Å². The summed E-state index contributed by atoms with van der Waals surface area (Å²) >= 11 is 0. The van der Waals surface area contributed by atoms with Crippen molar-refractivity contribution in [3.63, 3.8) is 0 Å². The van der Waals surface area contributed by atoms with E-state index in [4.69, 9.17) is 4.74 Å². The van der Waals surface area contributed by atoms with Crippen LogP contribution in [0, 0.1) is 0 Å². The number of pyridine rings is 1. The van der Waals surface area contributed by atoms with Gasteiger partial charge >= 0.3 is 0 Å². The monoisotopic (exact) mass is 284 g/mol. The molecule has 2 rings (SSSR count). The number of carbonyl (C=O) groups is 1. The number of hydrogen-bond donors (Lipinski definition) is 1. The Bertz CT molecular complexity index is 570. The van der Waals surface area contributed by atoms with Gasteiger partial charge in [0.05, 0.1) is 7.11 Å². The molecule has 0 aliphatic rings. The molecule has 0 bridgehead atoms. The predicted molar refractivity (Wildman–Crippen MR) is 82.5 cm³/mol. The summed E-state index contributed by atoms with van der Waals surface area (Å²) in [6.07, 6.45) is 6.15. The van der Waals surface area contributed by atoms with Gasteiger partial charge in [-0.05, 0) is 43.0 Å². The minimum Gasteiger partial charge on any atom is -0.496 e. The fraction of sp³-hybridized carbons (Fsp3) is 0.294. The standard InChI is InChI=1S/C17H20N2O2/c1-21-16-8-3-2-6-14(16)7-4-5-11-19-17(20)15-9-12-18-13-10-15/h2-3,6,8-10,12-13H,4-5,7,11H2,1H3,(H,19,20). The van der Waals surface area contributed by atoms with Crippen LogP contribution in [0.5, 0.6) is 5.75 Å². The summed E-state index contributed by atoms with van der Waals surface area (Å²) < 4.78 is 5.32. The zero-order valence-corrected chi connectivity index (χ0v) is 12.2. The first-order valence-electron chi connectivity index (χ1n) is 7.11. The van der Waals surface area contributed by atoms with Gasteiger partial charge in [0.2, 0.25) is 0 Å². The lowest BCUT2D eigenvalue weighted by molar-refractivity contribution is 0.0953. The van der Waals surface area contributed by atoms with Crippen molar-refractivity contribution in [1.29, 1.82) is 0 Å². The van der Waals surface area contributed by atoms with Crippen molar-refractivity contribution in [3.8, 4) is 5.75 Å². The molecular formula is C17H20N2O2. The molecular weight excluding hydrogens is 264 g/mol. The van der Waals surface area contributed by atoms with Gasteiger partial charge < -0.3 is 10.1 Å². The van der Waals surface area contributed by atoms with Crippen molar-refractivity contribution >= 4 is 5.91 Å². The molecule has 4 heteroatoms. The molecule has 0 unspecified atom stereocenters. The number of benzene rings is 1. The number of rotatable bonds is 7. The highest BCUT2D eigenvalue weighted by Gasteiger charge is 2.04. The number of unbranched alkanes of at least 4 members (excludes halogenated alkanes) is 1. The summed E-state index contributed by atoms with van der Waals surface area (Å²) in [7, 11) is 1.69. The molecule has 0 saturated heterocycles. The Hall–Kier alpha value is -2.36. The number of nitrogens with zero attached hydrogens (tertiary/aromatic N) is 1. The van der Waals surface area contributed by atoms with E-state index >= 15 is 0 Å². The largest absolute Gasteiger partial charge is 0.496 e. The summed E-state index contributed by atoms with van der Waals surface area (Å²) in [6.45, 7) is 0.677. The Morgan fingerprint density at radius 3 is 2.67 bits per heavy atom. The molecule has 1 aromatic heterocycles. The molecule has 21 heavy (non-hydrogen) atoms. The molecule has 0 atom stereocenters. The third kappa shape index (κ3) is 4.60. The van der Waals surface area contributed by atoms with Crippen LogP contribution < -0.4 is 10.1 Å². The summed E-state index contributed by atoms with van der Waals surface area (Å²) in [5, 5.41) is 2.92. The van der Waals surface area contributed by atoms with Crippen molar-refractivity contribution in [2.75, 3.05) is 13.7 Å². The first-order valence-corrected chi connectivity index (χ1v) is 7.11. The van der Waals surface area contributed by atoms with E-state index in [0.29, 0.717) is 12.1 Å². The maximum absolute atomic E-state index is 11.8. The number of hydrogen-bond acceptors (Lipinski definition) is 3. The van der Waals surface area contributed by atoms with Gasteiger partial charge in [-0.15, -0.1) is 0 Å². The Balaban J connectivity index is 1.70. The van der Waals surface area contributed by atoms with Crippen LogP contribution in [-0.4, -0.2) is 24.5 Å². The van der Waals surface area contributed by atoms with Gasteiger partial charge in [-0.1, -0.05) is 18.2 Å². The smallest absolute Gasteiger partial charge is 0.251 e. The number of nitrogens with one attached hydrogen (secondary N) is 1. The Kier molecular flexibility index (Phi) is 5.76. The zero-order chi connectivity index (χ0) is 14.9. The van der Waals surface area contributed by atoms with Gasteiger partial charge in [-0.3, -0.25) is 9.78 Å². The first-order chi connectivity index (χ1) is 10.3. The normalized spacial score (nSPS) is 10.1. The van der Waals surface area contributed by atoms with Crippen LogP contribution in [0.4, 0.5) is 0 Å². The molecule has 110 valence electrons. The highest BCUT2D eigenvalue weighted by molar-refractivity contribution is 5.93. The van der Waals surface area contributed by atoms with Gasteiger partial charge in [0, 0.05) is 24.5 Å². The Labute approximate surface area is 125 Å². The van der Waals surface area contributed by atoms with Crippen molar-refractivity contribution in [1.82, 2.24) is 10.3 Å². The van der Waals surface area contributed by atoms with Gasteiger partial charge in [-0.25, -0.2) is 0 Å². The molecule has 0 fully saturated rings. The maximum Gasteiger partial charge on any atom is 0.251 e. The van der Waals surface area contributed by atoms with Gasteiger partial charge in [0.1, 0.15) is 5.75 Å². The van der Waals surface area contributed by atoms with Crippen molar-refractivity contribution in [2.45, 2.75) is 19.3 Å². The van der Waals surface area contributed by atoms with E-state index in [1.54, 1.807) is 31.6 Å². The molecule has 1 amide bonds. The number of methoxy groups -OCH3 is 1. The molecule has 1 heterocycles. The summed E-state index contributed by atoms with van der Waals surface area (Å²) in [5.41, 5.74) is 1.86. The number of para-hydroxylation sites is 1. The lowest BCUT2D eigenvalue weighted by Gasteiger charge is -2.08. The predicted octanol–water partition coefficient (Wildman–Crippen LogP) is 2.84. The van der Waals surface area contributed by atoms with Crippen molar-refractivity contribution < 1.29 is 9.53 Å². The summed E-state index contributed by atoms with van der Waals surface area (Å²) in [4.78, 5) is 15.7. The number of aromatic nitrogens is 1. The van der Waals surface area contributed by atoms with E-state index in [9.17, 15) is 4.79 Å². The topological polar surface area (TPSA) is 51.2 Å². The quantitative estimate of drug-likeness (QED) is 0.795. The van der Waals surface area contributed by atoms with E-state index < -0.39 is 0 Å². The average Bonchev–Trinajstić information content (AvgIpc) is 2.55. The molecule has 0 radical (unpaired) electrons. The second-order valence-electron chi connectivity index (χ2n) is 4.76. The SMILES string of the molecule is COc1ccccc1CCCCNC(=O)c1ccncc1. The van der Waals surface area contributed by atoms with E-state index in [1.807, 2.05) is 18.2 Å². The van der Waals surface area contributed by atoms with Crippen LogP contribution in [0.1, 0.15) is 28.8 Å². The molecule has 1 aromatic carbocycles. The van der Waals surface area contributed by atoms with Crippen molar-refractivity contribution in [3.05, 3.63) is 59.9 Å². The number of ether oxygens (including phenoxy) is 1. The molecule has 0 spiro atoms. The van der Waals surface area contributed by atoms with E-state index in [0.717, 1.165) is 25.0 Å². The fourth-order valence-corrected chi connectivity index (χ4v) is 2.16. The van der Waals surface area contributed by atoms with E-state index in [2.05, 4.69) is 16.4 Å². The van der Waals surface area contributed by atoms with Crippen LogP contribution in [0.2, 0.25) is 0 Å². The summed E-state index contributed by atoms with van der Waals surface area (Å²) in [5.74, 6) is 0.882. The zero-order valence-electron chi connectivity index (χ0n) is 12.2. The second kappa shape index (κ2) is 8.04. The number of carbonyl (C=O) groups excluding carboxylic acids is 1. The summed E-state index contributed by atoms with van der Waals surface area (Å²) in [6, 6.07) is 11.5. The van der Waals surface area contributed by atoms with E-state index in [-0.39, 0.29) is 5.91 Å². The Morgan fingerprint density at radius 1 is 1.14 bits per heavy atom. The molecule has 0 saturated carbocycles. The minimum atomic E-state index is -0.0466. The third-order valence-corrected chi connectivity index (χ3v) is 3.29. The first kappa shape index (κ1) is 15.0. The highest BCUT2D eigenvalue weighted by Crippen LogP contribution is 2.19. The molecule has 1 N–H and O–H groups in total. The highest BCUT2D eigenvalue weighted by atomic mass is 16.5. The maximum atomic E-state index is 11.8. The average molecular weight is 284 g/mol. The van der Waals surface area contributed by atoms with Crippen LogP contribution in [0.25, 0.3) is 0 Å². The number of aryl methyl sites for hydroxylation is 1. The molecule has 2 aromatic rings. The number of amides is 1. The van der Waals surface area contributed by atoms with Gasteiger partial charge in [-0.2, -0.15) is 0 Å². The molecule has 0 aliphatic heterocycles. The minimum absolute atomic E-state index is 0.0466. The third-order valence-electron chi connectivity index (χ3n) is 3.29. The van der Waals surface area contributed by atoms with Gasteiger partial charge in [0.15, 0.2) is 0 Å². The molecule has 0 aliphatic carbocycles. The van der Waals surface area contributed by atoms with Crippen LogP contribution >= 0.6 is 0 Å². The van der Waals surface area contributed by atoms with Crippen LogP contribution in [0.3, 0.4) is 0 Å². The lowest BCUT2D eigenvalue weighted by Crippen LogP contribution is -2.24. The van der Waals surface area contributed by atoms with Crippen LogP contribution in [-0.2, 0) is 6.42 Å². The second-order valence-corrected chi connectivity index (χ2v) is 4.76. The Morgan fingerprint density at radius 2 is 1.90 bits per heavy atom. The fourth-order valence-electron chi connectivity index (χ4n) is 2.16. The lowest BCUT2D eigenvalue weighted by atomic mass is 10.1. The van der Waals surface area contributed by atoms with Gasteiger partial charge in [0.25, 0.3) is 5.91 Å². The molecule has 4 nitrogen and oxygen atoms in total.